The van der Waals surface area contributed by atoms with Crippen LogP contribution in [0, 0.1) is 0 Å². The first-order valence-corrected chi connectivity index (χ1v) is 8.76. The number of amides is 1. The Bertz CT molecular complexity index is 249. The van der Waals surface area contributed by atoms with Crippen LogP contribution in [0.1, 0.15) is 84.5 Å². The zero-order valence-corrected chi connectivity index (χ0v) is 13.5. The highest BCUT2D eigenvalue weighted by Gasteiger charge is 2.20. The molecule has 1 amide bonds. The lowest BCUT2D eigenvalue weighted by molar-refractivity contribution is -0.122. The van der Waals surface area contributed by atoms with Gasteiger partial charge in [0.1, 0.15) is 0 Å². The second-order valence-electron chi connectivity index (χ2n) is 6.28. The van der Waals surface area contributed by atoms with Crippen LogP contribution in [0.4, 0.5) is 0 Å². The zero-order valence-electron chi connectivity index (χ0n) is 13.5. The van der Waals surface area contributed by atoms with E-state index in [-0.39, 0.29) is 11.9 Å². The lowest BCUT2D eigenvalue weighted by atomic mass is 9.99. The quantitative estimate of drug-likeness (QED) is 0.599. The van der Waals surface area contributed by atoms with E-state index < -0.39 is 0 Å². The number of hydrogen-bond acceptors (Lipinski definition) is 2. The molecule has 0 aromatic carbocycles. The summed E-state index contributed by atoms with van der Waals surface area (Å²) in [6.45, 7) is 5.47. The van der Waals surface area contributed by atoms with Crippen LogP contribution in [0.3, 0.4) is 0 Å². The zero-order chi connectivity index (χ0) is 14.6. The normalized spacial score (nSPS) is 20.6. The number of hydrogen-bond donors (Lipinski definition) is 2. The van der Waals surface area contributed by atoms with E-state index in [1.807, 2.05) is 0 Å². The van der Waals surface area contributed by atoms with Crippen LogP contribution in [-0.4, -0.2) is 24.5 Å². The molecular weight excluding hydrogens is 248 g/mol. The molecule has 0 aromatic heterocycles. The van der Waals surface area contributed by atoms with Gasteiger partial charge in [0.2, 0.25) is 5.91 Å². The molecule has 2 unspecified atom stereocenters. The van der Waals surface area contributed by atoms with Crippen LogP contribution >= 0.6 is 0 Å². The second-order valence-corrected chi connectivity index (χ2v) is 6.28. The van der Waals surface area contributed by atoms with E-state index in [9.17, 15) is 4.79 Å². The van der Waals surface area contributed by atoms with Gasteiger partial charge in [-0.05, 0) is 32.7 Å². The predicted octanol–water partition coefficient (Wildman–Crippen LogP) is 3.77. The molecule has 2 atom stereocenters. The number of nitrogens with one attached hydrogen (secondary N) is 2. The summed E-state index contributed by atoms with van der Waals surface area (Å²) >= 11 is 0. The van der Waals surface area contributed by atoms with Gasteiger partial charge in [-0.1, -0.05) is 51.9 Å². The molecule has 1 rings (SSSR count). The van der Waals surface area contributed by atoms with E-state index in [1.54, 1.807) is 0 Å². The SMILES string of the molecule is CCCCCCCCCC(=O)NC(C)C1CCCCN1. The molecule has 118 valence electrons. The minimum atomic E-state index is 0.235. The average molecular weight is 282 g/mol. The number of carbonyl (C=O) groups excluding carboxylic acids is 1. The van der Waals surface area contributed by atoms with Gasteiger partial charge < -0.3 is 10.6 Å². The first-order valence-electron chi connectivity index (χ1n) is 8.76. The van der Waals surface area contributed by atoms with Gasteiger partial charge in [0.05, 0.1) is 0 Å². The Kier molecular flexibility index (Phi) is 9.73. The minimum Gasteiger partial charge on any atom is -0.352 e. The molecule has 0 saturated carbocycles. The first kappa shape index (κ1) is 17.5. The van der Waals surface area contributed by atoms with E-state index in [1.165, 1.54) is 57.8 Å². The molecule has 1 aliphatic rings. The Balaban J connectivity index is 1.99. The number of carbonyl (C=O) groups is 1. The fourth-order valence-electron chi connectivity index (χ4n) is 2.97. The first-order chi connectivity index (χ1) is 9.74. The van der Waals surface area contributed by atoms with Crippen molar-refractivity contribution in [1.82, 2.24) is 10.6 Å². The maximum absolute atomic E-state index is 11.9. The summed E-state index contributed by atoms with van der Waals surface area (Å²) in [5, 5.41) is 6.66. The topological polar surface area (TPSA) is 41.1 Å². The van der Waals surface area contributed by atoms with Crippen molar-refractivity contribution in [3.8, 4) is 0 Å². The van der Waals surface area contributed by atoms with Gasteiger partial charge in [0, 0.05) is 18.5 Å². The van der Waals surface area contributed by atoms with Gasteiger partial charge in [-0.25, -0.2) is 0 Å². The molecule has 2 N–H and O–H groups in total. The number of piperidine rings is 1. The van der Waals surface area contributed by atoms with Gasteiger partial charge in [0.25, 0.3) is 0 Å². The van der Waals surface area contributed by atoms with Crippen molar-refractivity contribution in [3.05, 3.63) is 0 Å². The Morgan fingerprint density at radius 2 is 1.85 bits per heavy atom. The van der Waals surface area contributed by atoms with Crippen molar-refractivity contribution in [1.29, 1.82) is 0 Å². The molecule has 1 aliphatic heterocycles. The molecule has 1 fully saturated rings. The molecule has 20 heavy (non-hydrogen) atoms. The largest absolute Gasteiger partial charge is 0.352 e. The standard InChI is InChI=1S/C17H34N2O/c1-3-4-5-6-7-8-9-13-17(20)19-15(2)16-12-10-11-14-18-16/h15-16,18H,3-14H2,1-2H3,(H,19,20). The molecule has 1 heterocycles. The Morgan fingerprint density at radius 1 is 1.15 bits per heavy atom. The van der Waals surface area contributed by atoms with Gasteiger partial charge in [0.15, 0.2) is 0 Å². The van der Waals surface area contributed by atoms with E-state index >= 15 is 0 Å². The van der Waals surface area contributed by atoms with Crippen LogP contribution in [-0.2, 0) is 4.79 Å². The van der Waals surface area contributed by atoms with Crippen LogP contribution in [0.25, 0.3) is 0 Å². The van der Waals surface area contributed by atoms with Crippen molar-refractivity contribution >= 4 is 5.91 Å². The summed E-state index contributed by atoms with van der Waals surface area (Å²) in [5.74, 6) is 0.235. The molecule has 0 spiro atoms. The van der Waals surface area contributed by atoms with E-state index in [4.69, 9.17) is 0 Å². The third kappa shape index (κ3) is 7.88. The molecule has 0 radical (unpaired) electrons. The smallest absolute Gasteiger partial charge is 0.220 e. The van der Waals surface area contributed by atoms with Crippen LogP contribution in [0.15, 0.2) is 0 Å². The van der Waals surface area contributed by atoms with Crippen molar-refractivity contribution in [3.63, 3.8) is 0 Å². The summed E-state index contributed by atoms with van der Waals surface area (Å²) in [4.78, 5) is 11.9. The predicted molar refractivity (Wildman–Crippen MR) is 85.9 cm³/mol. The maximum atomic E-state index is 11.9. The summed E-state index contributed by atoms with van der Waals surface area (Å²) in [6, 6.07) is 0.745. The molecule has 3 nitrogen and oxygen atoms in total. The van der Waals surface area contributed by atoms with Crippen LogP contribution in [0.5, 0.6) is 0 Å². The van der Waals surface area contributed by atoms with E-state index in [0.29, 0.717) is 12.5 Å². The Hall–Kier alpha value is -0.570. The van der Waals surface area contributed by atoms with Crippen molar-refractivity contribution in [2.75, 3.05) is 6.54 Å². The third-order valence-electron chi connectivity index (χ3n) is 4.35. The monoisotopic (exact) mass is 282 g/mol. The highest BCUT2D eigenvalue weighted by Crippen LogP contribution is 2.11. The lowest BCUT2D eigenvalue weighted by Crippen LogP contribution is -2.50. The second kappa shape index (κ2) is 11.1. The molecule has 0 bridgehead atoms. The lowest BCUT2D eigenvalue weighted by Gasteiger charge is -2.29. The fourth-order valence-corrected chi connectivity index (χ4v) is 2.97. The highest BCUT2D eigenvalue weighted by atomic mass is 16.1. The number of rotatable bonds is 10. The summed E-state index contributed by atoms with van der Waals surface area (Å²) in [6.07, 6.45) is 13.3. The van der Waals surface area contributed by atoms with Crippen LogP contribution in [0.2, 0.25) is 0 Å². The molecule has 3 heteroatoms. The minimum absolute atomic E-state index is 0.235. The Labute approximate surface area is 125 Å². The average Bonchev–Trinajstić information content (AvgIpc) is 2.47. The van der Waals surface area contributed by atoms with Crippen molar-refractivity contribution < 1.29 is 4.79 Å². The van der Waals surface area contributed by atoms with E-state index in [0.717, 1.165) is 13.0 Å². The molecule has 0 aliphatic carbocycles. The molecular formula is C17H34N2O. The summed E-state index contributed by atoms with van der Waals surface area (Å²) < 4.78 is 0. The Morgan fingerprint density at radius 3 is 2.50 bits per heavy atom. The fraction of sp³-hybridized carbons (Fsp3) is 0.941. The maximum Gasteiger partial charge on any atom is 0.220 e. The van der Waals surface area contributed by atoms with Gasteiger partial charge in [-0.15, -0.1) is 0 Å². The summed E-state index contributed by atoms with van der Waals surface area (Å²) in [5.41, 5.74) is 0. The van der Waals surface area contributed by atoms with Crippen LogP contribution < -0.4 is 10.6 Å². The molecule has 1 saturated heterocycles. The van der Waals surface area contributed by atoms with Crippen molar-refractivity contribution in [2.45, 2.75) is 96.6 Å². The summed E-state index contributed by atoms with van der Waals surface area (Å²) in [7, 11) is 0. The van der Waals surface area contributed by atoms with Crippen molar-refractivity contribution in [2.24, 2.45) is 0 Å². The van der Waals surface area contributed by atoms with E-state index in [2.05, 4.69) is 24.5 Å². The third-order valence-corrected chi connectivity index (χ3v) is 4.35. The highest BCUT2D eigenvalue weighted by molar-refractivity contribution is 5.76. The van der Waals surface area contributed by atoms with Gasteiger partial charge in [-0.3, -0.25) is 4.79 Å². The molecule has 0 aromatic rings. The van der Waals surface area contributed by atoms with Gasteiger partial charge >= 0.3 is 0 Å². The number of unbranched alkanes of at least 4 members (excludes halogenated alkanes) is 6. The van der Waals surface area contributed by atoms with Gasteiger partial charge in [-0.2, -0.15) is 0 Å².